The molecular formula is C21H38O9S. The molecule has 1 aliphatic rings. The average molecular weight is 467 g/mol. The first kappa shape index (κ1) is 28.1. The fraction of sp³-hybridized carbons (Fsp3) is 0.905. The van der Waals surface area contributed by atoms with Crippen LogP contribution in [0.1, 0.15) is 61.3 Å². The largest absolute Gasteiger partial charge is 0.459 e. The van der Waals surface area contributed by atoms with Gasteiger partial charge in [-0.3, -0.25) is 9.59 Å². The topological polar surface area (TPSA) is 132 Å². The van der Waals surface area contributed by atoms with Crippen molar-refractivity contribution in [1.82, 2.24) is 0 Å². The van der Waals surface area contributed by atoms with Crippen molar-refractivity contribution in [3.8, 4) is 0 Å². The van der Waals surface area contributed by atoms with Crippen LogP contribution in [0.3, 0.4) is 0 Å². The molecule has 3 N–H and O–H groups in total. The predicted octanol–water partition coefficient (Wildman–Crippen LogP) is 1.21. The third-order valence-electron chi connectivity index (χ3n) is 4.61. The zero-order valence-corrected chi connectivity index (χ0v) is 20.3. The molecule has 0 aromatic carbocycles. The maximum absolute atomic E-state index is 12.6. The molecule has 0 radical (unpaired) electrons. The third-order valence-corrected chi connectivity index (χ3v) is 5.29. The molecule has 0 spiro atoms. The van der Waals surface area contributed by atoms with Gasteiger partial charge in [-0.2, -0.15) is 0 Å². The van der Waals surface area contributed by atoms with Gasteiger partial charge in [0.15, 0.2) is 5.92 Å². The number of carbonyl (C=O) groups is 2. The van der Waals surface area contributed by atoms with Gasteiger partial charge < -0.3 is 34.3 Å². The summed E-state index contributed by atoms with van der Waals surface area (Å²) in [5.74, 6) is -2.70. The number of ether oxygens (including phenoxy) is 4. The Morgan fingerprint density at radius 1 is 1.03 bits per heavy atom. The van der Waals surface area contributed by atoms with E-state index in [1.807, 2.05) is 0 Å². The number of esters is 2. The lowest BCUT2D eigenvalue weighted by Gasteiger charge is -2.47. The number of aliphatic hydroxyl groups excluding tert-OH is 3. The van der Waals surface area contributed by atoms with Crippen LogP contribution in [-0.2, 0) is 28.5 Å². The molecule has 1 heterocycles. The maximum Gasteiger partial charge on any atom is 0.320 e. The van der Waals surface area contributed by atoms with Crippen molar-refractivity contribution < 1.29 is 43.9 Å². The second-order valence-electron chi connectivity index (χ2n) is 9.72. The normalized spacial score (nSPS) is 29.7. The quantitative estimate of drug-likeness (QED) is 0.237. The van der Waals surface area contributed by atoms with Gasteiger partial charge in [0.25, 0.3) is 0 Å². The van der Waals surface area contributed by atoms with E-state index < -0.39 is 65.0 Å². The molecule has 0 amide bonds. The Morgan fingerprint density at radius 2 is 1.52 bits per heavy atom. The second-order valence-corrected chi connectivity index (χ2v) is 10.5. The summed E-state index contributed by atoms with van der Waals surface area (Å²) < 4.78 is 22.1. The Morgan fingerprint density at radius 3 is 1.90 bits per heavy atom. The van der Waals surface area contributed by atoms with Crippen molar-refractivity contribution in [3.05, 3.63) is 0 Å². The fourth-order valence-corrected chi connectivity index (χ4v) is 3.48. The summed E-state index contributed by atoms with van der Waals surface area (Å²) in [5.41, 5.74) is -1.59. The fourth-order valence-electron chi connectivity index (χ4n) is 3.11. The number of rotatable bonds is 8. The highest BCUT2D eigenvalue weighted by Gasteiger charge is 2.52. The minimum absolute atomic E-state index is 0.0693. The zero-order chi connectivity index (χ0) is 24.2. The standard InChI is InChI=1S/C21H38O9S/c1-8-21(31)16(15(24)14(23)13(11-22)28-21)27-10-9-12(17(25)29-19(2,3)4)18(26)30-20(5,6)7/h12-16,22-24,31H,8-11H2,1-7H3/t13-,14+,15+,16-,21+/m1/s1. The van der Waals surface area contributed by atoms with Crippen LogP contribution < -0.4 is 0 Å². The second kappa shape index (κ2) is 10.8. The molecule has 1 rings (SSSR count). The molecule has 182 valence electrons. The van der Waals surface area contributed by atoms with E-state index in [9.17, 15) is 24.9 Å². The molecule has 0 aromatic heterocycles. The average Bonchev–Trinajstić information content (AvgIpc) is 2.61. The number of aliphatic hydroxyl groups is 3. The molecule has 0 unspecified atom stereocenters. The van der Waals surface area contributed by atoms with Crippen LogP contribution in [0.15, 0.2) is 0 Å². The van der Waals surface area contributed by atoms with E-state index in [1.54, 1.807) is 48.5 Å². The van der Waals surface area contributed by atoms with E-state index in [0.29, 0.717) is 6.42 Å². The highest BCUT2D eigenvalue weighted by atomic mass is 32.1. The molecule has 9 nitrogen and oxygen atoms in total. The smallest absolute Gasteiger partial charge is 0.320 e. The van der Waals surface area contributed by atoms with Gasteiger partial charge in [0.05, 0.1) is 6.61 Å². The molecule has 1 fully saturated rings. The van der Waals surface area contributed by atoms with Crippen LogP contribution in [0.5, 0.6) is 0 Å². The van der Waals surface area contributed by atoms with E-state index in [1.165, 1.54) is 0 Å². The molecule has 0 bridgehead atoms. The van der Waals surface area contributed by atoms with E-state index in [0.717, 1.165) is 0 Å². The van der Waals surface area contributed by atoms with Gasteiger partial charge in [0.1, 0.15) is 40.6 Å². The SMILES string of the molecule is CC[C@@]1(S)O[C@H](CO)[C@H](O)[C@H](O)[C@H]1OCCC(C(=O)OC(C)(C)C)C(=O)OC(C)(C)C. The van der Waals surface area contributed by atoms with Crippen LogP contribution in [0.25, 0.3) is 0 Å². The van der Waals surface area contributed by atoms with Gasteiger partial charge in [0, 0.05) is 6.61 Å². The minimum atomic E-state index is -1.38. The Bertz CT molecular complexity index is 585. The number of hydrogen-bond donors (Lipinski definition) is 4. The monoisotopic (exact) mass is 466 g/mol. The Kier molecular flexibility index (Phi) is 9.80. The summed E-state index contributed by atoms with van der Waals surface area (Å²) in [4.78, 5) is 24.0. The van der Waals surface area contributed by atoms with Crippen molar-refractivity contribution in [2.75, 3.05) is 13.2 Å². The van der Waals surface area contributed by atoms with E-state index in [-0.39, 0.29) is 13.0 Å². The molecule has 0 aromatic rings. The molecule has 1 saturated heterocycles. The number of carbonyl (C=O) groups excluding carboxylic acids is 2. The first-order chi connectivity index (χ1) is 14.0. The summed E-state index contributed by atoms with van der Waals surface area (Å²) in [5, 5.41) is 30.1. The van der Waals surface area contributed by atoms with Crippen molar-refractivity contribution >= 4 is 24.6 Å². The first-order valence-corrected chi connectivity index (χ1v) is 10.9. The van der Waals surface area contributed by atoms with Crippen LogP contribution in [0.4, 0.5) is 0 Å². The Balaban J connectivity index is 2.93. The summed E-state index contributed by atoms with van der Waals surface area (Å²) in [6.45, 7) is 11.3. The van der Waals surface area contributed by atoms with E-state index in [4.69, 9.17) is 18.9 Å². The summed E-state index contributed by atoms with van der Waals surface area (Å²) in [6.07, 6.45) is -4.60. The Hall–Kier alpha value is -0.910. The summed E-state index contributed by atoms with van der Waals surface area (Å²) >= 11 is 4.46. The van der Waals surface area contributed by atoms with Gasteiger partial charge in [-0.05, 0) is 54.4 Å². The van der Waals surface area contributed by atoms with Crippen LogP contribution in [0.2, 0.25) is 0 Å². The van der Waals surface area contributed by atoms with Crippen LogP contribution >= 0.6 is 12.6 Å². The van der Waals surface area contributed by atoms with E-state index in [2.05, 4.69) is 12.6 Å². The molecule has 1 aliphatic heterocycles. The highest BCUT2D eigenvalue weighted by Crippen LogP contribution is 2.37. The van der Waals surface area contributed by atoms with Crippen LogP contribution in [0, 0.1) is 5.92 Å². The summed E-state index contributed by atoms with van der Waals surface area (Å²) in [6, 6.07) is 0. The van der Waals surface area contributed by atoms with Gasteiger partial charge >= 0.3 is 11.9 Å². The van der Waals surface area contributed by atoms with Crippen molar-refractivity contribution in [1.29, 1.82) is 0 Å². The van der Waals surface area contributed by atoms with Gasteiger partial charge in [0.2, 0.25) is 0 Å². The first-order valence-electron chi connectivity index (χ1n) is 10.5. The van der Waals surface area contributed by atoms with Crippen LogP contribution in [-0.4, -0.2) is 81.0 Å². The lowest BCUT2D eigenvalue weighted by Crippen LogP contribution is -2.63. The maximum atomic E-state index is 12.6. The highest BCUT2D eigenvalue weighted by molar-refractivity contribution is 7.81. The van der Waals surface area contributed by atoms with Crippen molar-refractivity contribution in [2.45, 2.75) is 102 Å². The molecule has 10 heteroatoms. The predicted molar refractivity (Wildman–Crippen MR) is 116 cm³/mol. The molecule has 31 heavy (non-hydrogen) atoms. The van der Waals surface area contributed by atoms with E-state index >= 15 is 0 Å². The van der Waals surface area contributed by atoms with Gasteiger partial charge in [-0.25, -0.2) is 0 Å². The molecule has 0 aliphatic carbocycles. The number of hydrogen-bond acceptors (Lipinski definition) is 10. The van der Waals surface area contributed by atoms with Gasteiger partial charge in [-0.1, -0.05) is 6.92 Å². The Labute approximate surface area is 189 Å². The molecular weight excluding hydrogens is 428 g/mol. The zero-order valence-electron chi connectivity index (χ0n) is 19.5. The van der Waals surface area contributed by atoms with Crippen molar-refractivity contribution in [3.63, 3.8) is 0 Å². The third kappa shape index (κ3) is 8.18. The lowest BCUT2D eigenvalue weighted by molar-refractivity contribution is -0.254. The lowest BCUT2D eigenvalue weighted by atomic mass is 9.93. The van der Waals surface area contributed by atoms with Gasteiger partial charge in [-0.15, -0.1) is 12.6 Å². The minimum Gasteiger partial charge on any atom is -0.459 e. The summed E-state index contributed by atoms with van der Waals surface area (Å²) in [7, 11) is 0. The molecule has 5 atom stereocenters. The molecule has 0 saturated carbocycles. The van der Waals surface area contributed by atoms with Crippen molar-refractivity contribution in [2.24, 2.45) is 5.92 Å². The number of thiol groups is 1.